The first kappa shape index (κ1) is 16.1. The molecule has 4 N–H and O–H groups in total. The van der Waals surface area contributed by atoms with Crippen LogP contribution in [0.25, 0.3) is 0 Å². The maximum absolute atomic E-state index is 12.4. The summed E-state index contributed by atoms with van der Waals surface area (Å²) in [6.07, 6.45) is 6.38. The quantitative estimate of drug-likeness (QED) is 0.736. The fraction of sp³-hybridized carbons (Fsp3) is 0.867. The third kappa shape index (κ3) is 3.87. The maximum atomic E-state index is 12.4. The van der Waals surface area contributed by atoms with Crippen LogP contribution in [0.15, 0.2) is 0 Å². The first-order valence-corrected chi connectivity index (χ1v) is 8.08. The van der Waals surface area contributed by atoms with Gasteiger partial charge >= 0.3 is 12.0 Å². The summed E-state index contributed by atoms with van der Waals surface area (Å²) in [6, 6.07) is -1.01. The lowest BCUT2D eigenvalue weighted by atomic mass is 9.88. The van der Waals surface area contributed by atoms with Gasteiger partial charge in [0.05, 0.1) is 0 Å². The molecule has 2 rings (SSSR count). The van der Waals surface area contributed by atoms with E-state index in [1.165, 1.54) is 4.90 Å². The van der Waals surface area contributed by atoms with Gasteiger partial charge in [-0.2, -0.15) is 0 Å². The van der Waals surface area contributed by atoms with Gasteiger partial charge in [0.1, 0.15) is 6.04 Å². The number of likely N-dealkylation sites (tertiary alicyclic amines) is 1. The highest BCUT2D eigenvalue weighted by Gasteiger charge is 2.36. The molecule has 2 fully saturated rings. The number of carbonyl (C=O) groups excluding carboxylic acids is 1. The number of nitrogens with one attached hydrogen (secondary N) is 1. The predicted octanol–water partition coefficient (Wildman–Crippen LogP) is 1.54. The van der Waals surface area contributed by atoms with Crippen molar-refractivity contribution in [1.82, 2.24) is 10.2 Å². The fourth-order valence-electron chi connectivity index (χ4n) is 3.47. The van der Waals surface area contributed by atoms with Gasteiger partial charge in [0, 0.05) is 18.6 Å². The number of aliphatic carboxylic acids is 1. The lowest BCUT2D eigenvalue weighted by Gasteiger charge is -2.39. The SMILES string of the molecule is CCC1CCN(C(=O)NC2CCCCC2N)C(C(=O)O)C1. The van der Waals surface area contributed by atoms with Gasteiger partial charge in [-0.1, -0.05) is 26.2 Å². The minimum absolute atomic E-state index is 0.0147. The molecule has 1 aliphatic heterocycles. The number of nitrogens with zero attached hydrogens (tertiary/aromatic N) is 1. The van der Waals surface area contributed by atoms with Crippen molar-refractivity contribution in [2.45, 2.75) is 70.0 Å². The van der Waals surface area contributed by atoms with Gasteiger partial charge < -0.3 is 21.1 Å². The monoisotopic (exact) mass is 297 g/mol. The van der Waals surface area contributed by atoms with Crippen molar-refractivity contribution in [3.05, 3.63) is 0 Å². The van der Waals surface area contributed by atoms with Gasteiger partial charge in [-0.05, 0) is 31.6 Å². The number of urea groups is 1. The molecule has 0 spiro atoms. The highest BCUT2D eigenvalue weighted by atomic mass is 16.4. The number of hydrogen-bond donors (Lipinski definition) is 3. The van der Waals surface area contributed by atoms with E-state index in [0.717, 1.165) is 38.5 Å². The van der Waals surface area contributed by atoms with Crippen LogP contribution in [0.4, 0.5) is 4.79 Å². The van der Waals surface area contributed by atoms with Crippen LogP contribution in [0.3, 0.4) is 0 Å². The molecular weight excluding hydrogens is 270 g/mol. The van der Waals surface area contributed by atoms with E-state index >= 15 is 0 Å². The van der Waals surface area contributed by atoms with Gasteiger partial charge in [-0.3, -0.25) is 0 Å². The summed E-state index contributed by atoms with van der Waals surface area (Å²) in [5.74, 6) is -0.511. The molecule has 1 heterocycles. The summed E-state index contributed by atoms with van der Waals surface area (Å²) in [6.45, 7) is 2.59. The van der Waals surface area contributed by atoms with E-state index in [2.05, 4.69) is 12.2 Å². The van der Waals surface area contributed by atoms with Crippen molar-refractivity contribution < 1.29 is 14.7 Å². The maximum Gasteiger partial charge on any atom is 0.326 e. The molecule has 6 heteroatoms. The molecule has 2 amide bonds. The van der Waals surface area contributed by atoms with Gasteiger partial charge in [0.2, 0.25) is 0 Å². The van der Waals surface area contributed by atoms with E-state index < -0.39 is 12.0 Å². The Morgan fingerprint density at radius 2 is 2.00 bits per heavy atom. The number of carboxylic acids is 1. The average molecular weight is 297 g/mol. The standard InChI is InChI=1S/C15H27N3O3/c1-2-10-7-8-18(13(9-10)14(19)20)15(21)17-12-6-4-3-5-11(12)16/h10-13H,2-9,16H2,1H3,(H,17,21)(H,19,20). The highest BCUT2D eigenvalue weighted by Crippen LogP contribution is 2.26. The number of rotatable bonds is 3. The number of carboxylic acid groups (broad SMARTS) is 1. The summed E-state index contributed by atoms with van der Waals surface area (Å²) >= 11 is 0. The third-order valence-corrected chi connectivity index (χ3v) is 4.96. The number of nitrogens with two attached hydrogens (primary N) is 1. The summed E-state index contributed by atoms with van der Waals surface area (Å²) in [5, 5.41) is 12.3. The van der Waals surface area contributed by atoms with Crippen LogP contribution < -0.4 is 11.1 Å². The van der Waals surface area contributed by atoms with Crippen LogP contribution in [-0.4, -0.2) is 46.7 Å². The van der Waals surface area contributed by atoms with E-state index in [1.54, 1.807) is 0 Å². The summed E-state index contributed by atoms with van der Waals surface area (Å²) in [4.78, 5) is 25.3. The van der Waals surface area contributed by atoms with Crippen molar-refractivity contribution in [2.75, 3.05) is 6.54 Å². The Morgan fingerprint density at radius 1 is 1.29 bits per heavy atom. The Hall–Kier alpha value is -1.30. The van der Waals surface area contributed by atoms with Gasteiger partial charge in [0.15, 0.2) is 0 Å². The zero-order valence-electron chi connectivity index (χ0n) is 12.8. The second kappa shape index (κ2) is 7.11. The Labute approximate surface area is 126 Å². The number of hydrogen-bond acceptors (Lipinski definition) is 3. The summed E-state index contributed by atoms with van der Waals surface area (Å²) in [7, 11) is 0. The van der Waals surface area contributed by atoms with Crippen LogP contribution in [0.1, 0.15) is 51.9 Å². The van der Waals surface area contributed by atoms with Gasteiger partial charge in [-0.25, -0.2) is 9.59 Å². The fourth-order valence-corrected chi connectivity index (χ4v) is 3.47. The van der Waals surface area contributed by atoms with Crippen molar-refractivity contribution in [3.8, 4) is 0 Å². The largest absolute Gasteiger partial charge is 0.480 e. The molecule has 21 heavy (non-hydrogen) atoms. The van der Waals surface area contributed by atoms with Crippen molar-refractivity contribution in [3.63, 3.8) is 0 Å². The van der Waals surface area contributed by atoms with Crippen molar-refractivity contribution >= 4 is 12.0 Å². The molecule has 1 saturated carbocycles. The van der Waals surface area contributed by atoms with E-state index in [9.17, 15) is 14.7 Å². The first-order valence-electron chi connectivity index (χ1n) is 8.08. The Balaban J connectivity index is 1.97. The molecule has 0 radical (unpaired) electrons. The van der Waals surface area contributed by atoms with Gasteiger partial charge in [-0.15, -0.1) is 0 Å². The van der Waals surface area contributed by atoms with Gasteiger partial charge in [0.25, 0.3) is 0 Å². The Morgan fingerprint density at radius 3 is 2.62 bits per heavy atom. The van der Waals surface area contributed by atoms with Crippen molar-refractivity contribution in [1.29, 1.82) is 0 Å². The van der Waals surface area contributed by atoms with E-state index in [0.29, 0.717) is 18.9 Å². The number of carbonyl (C=O) groups is 2. The Bertz CT molecular complexity index is 388. The van der Waals surface area contributed by atoms with Crippen molar-refractivity contribution in [2.24, 2.45) is 11.7 Å². The number of amides is 2. The molecule has 120 valence electrons. The number of piperidine rings is 1. The topological polar surface area (TPSA) is 95.7 Å². The minimum atomic E-state index is -0.906. The molecule has 4 atom stereocenters. The van der Waals surface area contributed by atoms with E-state index in [-0.39, 0.29) is 18.1 Å². The lowest BCUT2D eigenvalue weighted by molar-refractivity contribution is -0.144. The minimum Gasteiger partial charge on any atom is -0.480 e. The summed E-state index contributed by atoms with van der Waals surface area (Å²) < 4.78 is 0. The third-order valence-electron chi connectivity index (χ3n) is 4.96. The molecule has 6 nitrogen and oxygen atoms in total. The Kier molecular flexibility index (Phi) is 5.45. The normalized spacial score (nSPS) is 33.5. The average Bonchev–Trinajstić information content (AvgIpc) is 2.48. The molecule has 4 unspecified atom stereocenters. The zero-order valence-corrected chi connectivity index (χ0v) is 12.8. The highest BCUT2D eigenvalue weighted by molar-refractivity contribution is 5.83. The molecule has 0 aromatic rings. The molecule has 1 saturated heterocycles. The molecule has 1 aliphatic carbocycles. The molecule has 0 aromatic carbocycles. The van der Waals surface area contributed by atoms with Crippen LogP contribution in [-0.2, 0) is 4.79 Å². The van der Waals surface area contributed by atoms with Crippen LogP contribution in [0.5, 0.6) is 0 Å². The second-order valence-corrected chi connectivity index (χ2v) is 6.35. The molecule has 2 aliphatic rings. The smallest absolute Gasteiger partial charge is 0.326 e. The summed E-state index contributed by atoms with van der Waals surface area (Å²) in [5.41, 5.74) is 6.05. The van der Waals surface area contributed by atoms with Crippen LogP contribution >= 0.6 is 0 Å². The molecular formula is C15H27N3O3. The van der Waals surface area contributed by atoms with Crippen LogP contribution in [0, 0.1) is 5.92 Å². The molecule has 0 bridgehead atoms. The predicted molar refractivity (Wildman–Crippen MR) is 79.9 cm³/mol. The second-order valence-electron chi connectivity index (χ2n) is 6.35. The van der Waals surface area contributed by atoms with Crippen LogP contribution in [0.2, 0.25) is 0 Å². The van der Waals surface area contributed by atoms with E-state index in [1.807, 2.05) is 0 Å². The zero-order chi connectivity index (χ0) is 15.4. The van der Waals surface area contributed by atoms with E-state index in [4.69, 9.17) is 5.73 Å². The first-order chi connectivity index (χ1) is 10.0. The molecule has 0 aromatic heterocycles. The lowest BCUT2D eigenvalue weighted by Crippen LogP contribution is -2.58.